The van der Waals surface area contributed by atoms with Gasteiger partial charge in [-0.05, 0) is 37.8 Å². The molecule has 2 rings (SSSR count). The van der Waals surface area contributed by atoms with E-state index in [1.54, 1.807) is 6.07 Å². The molecule has 0 bridgehead atoms. The van der Waals surface area contributed by atoms with Gasteiger partial charge in [-0.1, -0.05) is 11.6 Å². The summed E-state index contributed by atoms with van der Waals surface area (Å²) in [6, 6.07) is 4.55. The molecule has 92 valence electrons. The molecule has 0 saturated heterocycles. The van der Waals surface area contributed by atoms with Crippen LogP contribution >= 0.6 is 11.6 Å². The molecule has 0 aliphatic heterocycles. The molecule has 0 radical (unpaired) electrons. The largest absolute Gasteiger partial charge is 0.307 e. The van der Waals surface area contributed by atoms with Crippen LogP contribution in [0.5, 0.6) is 0 Å². The van der Waals surface area contributed by atoms with Crippen LogP contribution in [0.4, 0.5) is 5.69 Å². The molecule has 1 fully saturated rings. The number of nitrogens with one attached hydrogen (secondary N) is 1. The first-order chi connectivity index (χ1) is 8.00. The summed E-state index contributed by atoms with van der Waals surface area (Å²) in [5.74, 6) is 0. The topological polar surface area (TPSA) is 55.2 Å². The Morgan fingerprint density at radius 2 is 2.24 bits per heavy atom. The highest BCUT2D eigenvalue weighted by atomic mass is 35.5. The Bertz CT molecular complexity index is 444. The molecule has 1 saturated carbocycles. The summed E-state index contributed by atoms with van der Waals surface area (Å²) in [5, 5.41) is 14.7. The molecule has 1 aromatic rings. The van der Waals surface area contributed by atoms with E-state index in [4.69, 9.17) is 11.6 Å². The summed E-state index contributed by atoms with van der Waals surface area (Å²) in [6.45, 7) is 2.75. The van der Waals surface area contributed by atoms with Gasteiger partial charge < -0.3 is 5.32 Å². The molecule has 0 heterocycles. The highest BCUT2D eigenvalue weighted by Crippen LogP contribution is 2.32. The minimum atomic E-state index is -0.398. The van der Waals surface area contributed by atoms with Crippen molar-refractivity contribution in [3.63, 3.8) is 0 Å². The minimum absolute atomic E-state index is 0.0879. The van der Waals surface area contributed by atoms with E-state index < -0.39 is 4.92 Å². The Kier molecular flexibility index (Phi) is 3.35. The van der Waals surface area contributed by atoms with Crippen LogP contribution in [0.3, 0.4) is 0 Å². The van der Waals surface area contributed by atoms with Gasteiger partial charge in [0.2, 0.25) is 0 Å². The van der Waals surface area contributed by atoms with Crippen LogP contribution in [0, 0.1) is 10.1 Å². The summed E-state index contributed by atoms with van der Waals surface area (Å²) in [7, 11) is 0. The van der Waals surface area contributed by atoms with Crippen molar-refractivity contribution in [2.24, 2.45) is 0 Å². The molecule has 1 aliphatic rings. The van der Waals surface area contributed by atoms with E-state index in [-0.39, 0.29) is 11.2 Å². The van der Waals surface area contributed by atoms with Gasteiger partial charge in [0, 0.05) is 29.2 Å². The summed E-state index contributed by atoms with van der Waals surface area (Å²) >= 11 is 6.03. The van der Waals surface area contributed by atoms with Crippen LogP contribution in [0.25, 0.3) is 0 Å². The second-order valence-corrected chi connectivity index (χ2v) is 5.21. The normalized spacial score (nSPS) is 17.5. The Labute approximate surface area is 105 Å². The molecular formula is C12H15ClN2O2. The summed E-state index contributed by atoms with van der Waals surface area (Å²) < 4.78 is 0. The Balaban J connectivity index is 2.08. The number of non-ortho nitro benzene ring substituents is 1. The fourth-order valence-corrected chi connectivity index (χ4v) is 2.19. The van der Waals surface area contributed by atoms with Crippen molar-refractivity contribution in [2.45, 2.75) is 38.3 Å². The summed E-state index contributed by atoms with van der Waals surface area (Å²) in [4.78, 5) is 10.3. The van der Waals surface area contributed by atoms with Gasteiger partial charge in [0.25, 0.3) is 5.69 Å². The van der Waals surface area contributed by atoms with Crippen LogP contribution in [0.1, 0.15) is 31.7 Å². The smallest absolute Gasteiger partial charge is 0.269 e. The lowest BCUT2D eigenvalue weighted by Gasteiger charge is -2.39. The lowest BCUT2D eigenvalue weighted by Crippen LogP contribution is -2.47. The van der Waals surface area contributed by atoms with E-state index in [0.717, 1.165) is 18.4 Å². The van der Waals surface area contributed by atoms with E-state index in [1.807, 2.05) is 0 Å². The first-order valence-corrected chi connectivity index (χ1v) is 6.06. The summed E-state index contributed by atoms with van der Waals surface area (Å²) in [5.41, 5.74) is 1.05. The fourth-order valence-electron chi connectivity index (χ4n) is 2.00. The Morgan fingerprint density at radius 3 is 2.76 bits per heavy atom. The highest BCUT2D eigenvalue weighted by Gasteiger charge is 2.30. The van der Waals surface area contributed by atoms with Crippen molar-refractivity contribution < 1.29 is 4.92 Å². The molecule has 17 heavy (non-hydrogen) atoms. The quantitative estimate of drug-likeness (QED) is 0.663. The number of hydrogen-bond donors (Lipinski definition) is 1. The zero-order valence-corrected chi connectivity index (χ0v) is 10.5. The van der Waals surface area contributed by atoms with E-state index in [2.05, 4.69) is 12.2 Å². The third kappa shape index (κ3) is 2.76. The van der Waals surface area contributed by atoms with Crippen molar-refractivity contribution in [3.05, 3.63) is 38.9 Å². The predicted octanol–water partition coefficient (Wildman–Crippen LogP) is 3.28. The molecule has 0 amide bonds. The van der Waals surface area contributed by atoms with Gasteiger partial charge in [0.05, 0.1) is 4.92 Å². The Morgan fingerprint density at radius 1 is 1.53 bits per heavy atom. The van der Waals surface area contributed by atoms with E-state index in [0.29, 0.717) is 11.6 Å². The van der Waals surface area contributed by atoms with Gasteiger partial charge in [-0.3, -0.25) is 10.1 Å². The number of rotatable bonds is 4. The molecule has 1 N–H and O–H groups in total. The minimum Gasteiger partial charge on any atom is -0.307 e. The van der Waals surface area contributed by atoms with Crippen molar-refractivity contribution in [1.29, 1.82) is 0 Å². The third-order valence-electron chi connectivity index (χ3n) is 3.40. The van der Waals surface area contributed by atoms with Crippen LogP contribution in [0.2, 0.25) is 5.02 Å². The highest BCUT2D eigenvalue weighted by molar-refractivity contribution is 6.31. The average Bonchev–Trinajstić information content (AvgIpc) is 2.25. The maximum atomic E-state index is 10.7. The molecule has 1 aromatic carbocycles. The number of nitrogens with zero attached hydrogens (tertiary/aromatic N) is 1. The zero-order valence-electron chi connectivity index (χ0n) is 9.70. The third-order valence-corrected chi connectivity index (χ3v) is 3.77. The molecule has 1 aliphatic carbocycles. The van der Waals surface area contributed by atoms with Crippen LogP contribution in [-0.4, -0.2) is 10.5 Å². The van der Waals surface area contributed by atoms with Crippen molar-refractivity contribution in [2.75, 3.05) is 0 Å². The fraction of sp³-hybridized carbons (Fsp3) is 0.500. The van der Waals surface area contributed by atoms with Crippen molar-refractivity contribution in [1.82, 2.24) is 5.32 Å². The summed E-state index contributed by atoms with van der Waals surface area (Å²) in [6.07, 6.45) is 3.55. The average molecular weight is 255 g/mol. The predicted molar refractivity (Wildman–Crippen MR) is 67.2 cm³/mol. The molecule has 0 aromatic heterocycles. The van der Waals surface area contributed by atoms with Gasteiger partial charge >= 0.3 is 0 Å². The van der Waals surface area contributed by atoms with Crippen molar-refractivity contribution in [3.8, 4) is 0 Å². The maximum Gasteiger partial charge on any atom is 0.269 e. The van der Waals surface area contributed by atoms with E-state index >= 15 is 0 Å². The van der Waals surface area contributed by atoms with Gasteiger partial charge in [-0.25, -0.2) is 0 Å². The monoisotopic (exact) mass is 254 g/mol. The number of nitro groups is 1. The van der Waals surface area contributed by atoms with Gasteiger partial charge in [0.15, 0.2) is 0 Å². The van der Waals surface area contributed by atoms with Crippen LogP contribution in [0.15, 0.2) is 18.2 Å². The molecule has 5 heteroatoms. The van der Waals surface area contributed by atoms with Crippen LogP contribution < -0.4 is 5.32 Å². The Hall–Kier alpha value is -1.13. The first-order valence-electron chi connectivity index (χ1n) is 5.68. The van der Waals surface area contributed by atoms with Gasteiger partial charge in [-0.15, -0.1) is 0 Å². The lowest BCUT2D eigenvalue weighted by molar-refractivity contribution is -0.384. The number of nitro benzene ring substituents is 1. The number of halogens is 1. The molecule has 0 atom stereocenters. The molecule has 4 nitrogen and oxygen atoms in total. The van der Waals surface area contributed by atoms with Crippen LogP contribution in [-0.2, 0) is 6.54 Å². The lowest BCUT2D eigenvalue weighted by atomic mass is 9.78. The van der Waals surface area contributed by atoms with Gasteiger partial charge in [-0.2, -0.15) is 0 Å². The van der Waals surface area contributed by atoms with E-state index in [9.17, 15) is 10.1 Å². The molecule has 0 unspecified atom stereocenters. The zero-order chi connectivity index (χ0) is 12.5. The molecule has 0 spiro atoms. The standard InChI is InChI=1S/C12H15ClN2O2/c1-12(5-2-6-12)14-8-9-7-10(15(16)17)3-4-11(9)13/h3-4,7,14H,2,5-6,8H2,1H3. The van der Waals surface area contributed by atoms with E-state index in [1.165, 1.54) is 18.6 Å². The second-order valence-electron chi connectivity index (χ2n) is 4.80. The molecular weight excluding hydrogens is 240 g/mol. The van der Waals surface area contributed by atoms with Gasteiger partial charge in [0.1, 0.15) is 0 Å². The number of benzene rings is 1. The van der Waals surface area contributed by atoms with Crippen molar-refractivity contribution >= 4 is 17.3 Å². The number of hydrogen-bond acceptors (Lipinski definition) is 3. The maximum absolute atomic E-state index is 10.7. The second kappa shape index (κ2) is 4.63. The first kappa shape index (κ1) is 12.3. The SMILES string of the molecule is CC1(NCc2cc([N+](=O)[O-])ccc2Cl)CCC1.